The van der Waals surface area contributed by atoms with Crippen LogP contribution in [-0.2, 0) is 6.42 Å². The van der Waals surface area contributed by atoms with Crippen LogP contribution in [0.25, 0.3) is 0 Å². The number of hydrogen-bond acceptors (Lipinski definition) is 2. The Labute approximate surface area is 93.1 Å². The summed E-state index contributed by atoms with van der Waals surface area (Å²) in [6.07, 6.45) is 3.97. The first kappa shape index (κ1) is 12.3. The Hall–Kier alpha value is -0.760. The monoisotopic (exact) mass is 209 g/mol. The Morgan fingerprint density at radius 2 is 2.13 bits per heavy atom. The lowest BCUT2D eigenvalue weighted by Crippen LogP contribution is -2.39. The van der Waals surface area contributed by atoms with Gasteiger partial charge in [0, 0.05) is 12.0 Å². The van der Waals surface area contributed by atoms with E-state index in [9.17, 15) is 0 Å². The molecule has 0 bridgehead atoms. The van der Waals surface area contributed by atoms with E-state index in [4.69, 9.17) is 4.42 Å². The van der Waals surface area contributed by atoms with Crippen molar-refractivity contribution in [1.82, 2.24) is 5.32 Å². The standard InChI is InChI=1S/C13H23NO/c1-5-11(10-14-13(2,3)4)9-12-7-6-8-15-12/h6-8,11,14H,5,9-10H2,1-4H3. The Balaban J connectivity index is 2.36. The molecule has 0 aliphatic carbocycles. The van der Waals surface area contributed by atoms with Gasteiger partial charge in [0.15, 0.2) is 0 Å². The zero-order valence-electron chi connectivity index (χ0n) is 10.3. The molecule has 2 heteroatoms. The highest BCUT2D eigenvalue weighted by molar-refractivity contribution is 4.99. The number of hydrogen-bond donors (Lipinski definition) is 1. The third kappa shape index (κ3) is 5.03. The van der Waals surface area contributed by atoms with E-state index in [-0.39, 0.29) is 5.54 Å². The van der Waals surface area contributed by atoms with E-state index >= 15 is 0 Å². The molecule has 0 fully saturated rings. The molecule has 0 aliphatic rings. The summed E-state index contributed by atoms with van der Waals surface area (Å²) in [6.45, 7) is 9.89. The summed E-state index contributed by atoms with van der Waals surface area (Å²) < 4.78 is 5.37. The molecule has 1 aromatic heterocycles. The summed E-state index contributed by atoms with van der Waals surface area (Å²) in [5.41, 5.74) is 0.205. The smallest absolute Gasteiger partial charge is 0.104 e. The van der Waals surface area contributed by atoms with Gasteiger partial charge in [-0.05, 0) is 45.4 Å². The van der Waals surface area contributed by atoms with Crippen LogP contribution in [0.5, 0.6) is 0 Å². The van der Waals surface area contributed by atoms with Gasteiger partial charge in [-0.25, -0.2) is 0 Å². The molecule has 1 heterocycles. The van der Waals surface area contributed by atoms with Gasteiger partial charge in [0.1, 0.15) is 5.76 Å². The van der Waals surface area contributed by atoms with Crippen LogP contribution < -0.4 is 5.32 Å². The Morgan fingerprint density at radius 3 is 2.60 bits per heavy atom. The van der Waals surface area contributed by atoms with Gasteiger partial charge in [0.05, 0.1) is 6.26 Å². The lowest BCUT2D eigenvalue weighted by Gasteiger charge is -2.24. The maximum atomic E-state index is 5.37. The third-order valence-electron chi connectivity index (χ3n) is 2.57. The molecular weight excluding hydrogens is 186 g/mol. The van der Waals surface area contributed by atoms with Crippen molar-refractivity contribution in [1.29, 1.82) is 0 Å². The minimum atomic E-state index is 0.205. The molecule has 0 saturated carbocycles. The first-order chi connectivity index (χ1) is 7.01. The van der Waals surface area contributed by atoms with E-state index in [0.717, 1.165) is 18.7 Å². The quantitative estimate of drug-likeness (QED) is 0.805. The van der Waals surface area contributed by atoms with Gasteiger partial charge in [0.2, 0.25) is 0 Å². The van der Waals surface area contributed by atoms with Crippen LogP contribution in [0.4, 0.5) is 0 Å². The second-order valence-electron chi connectivity index (χ2n) is 5.19. The molecule has 0 radical (unpaired) electrons. The Morgan fingerprint density at radius 1 is 1.40 bits per heavy atom. The second-order valence-corrected chi connectivity index (χ2v) is 5.19. The van der Waals surface area contributed by atoms with Crippen LogP contribution in [-0.4, -0.2) is 12.1 Å². The van der Waals surface area contributed by atoms with Crippen molar-refractivity contribution in [3.05, 3.63) is 24.2 Å². The predicted molar refractivity (Wildman–Crippen MR) is 63.9 cm³/mol. The van der Waals surface area contributed by atoms with Crippen molar-refractivity contribution in [2.24, 2.45) is 5.92 Å². The van der Waals surface area contributed by atoms with Crippen molar-refractivity contribution < 1.29 is 4.42 Å². The number of rotatable bonds is 5. The summed E-state index contributed by atoms with van der Waals surface area (Å²) in [4.78, 5) is 0. The molecule has 1 aromatic rings. The fourth-order valence-electron chi connectivity index (χ4n) is 1.52. The van der Waals surface area contributed by atoms with Crippen molar-refractivity contribution in [2.45, 2.75) is 46.1 Å². The normalized spacial score (nSPS) is 14.1. The fourth-order valence-corrected chi connectivity index (χ4v) is 1.52. The topological polar surface area (TPSA) is 25.2 Å². The molecule has 0 aliphatic heterocycles. The summed E-state index contributed by atoms with van der Waals surface area (Å²) in [5, 5.41) is 3.54. The Kier molecular flexibility index (Phi) is 4.40. The van der Waals surface area contributed by atoms with Gasteiger partial charge < -0.3 is 9.73 Å². The first-order valence-corrected chi connectivity index (χ1v) is 5.78. The molecule has 0 spiro atoms. The average molecular weight is 209 g/mol. The molecule has 1 atom stereocenters. The maximum Gasteiger partial charge on any atom is 0.104 e. The SMILES string of the molecule is CCC(CNC(C)(C)C)Cc1ccco1. The van der Waals surface area contributed by atoms with Crippen LogP contribution in [0.3, 0.4) is 0 Å². The Bertz CT molecular complexity index is 259. The lowest BCUT2D eigenvalue weighted by atomic mass is 9.99. The minimum Gasteiger partial charge on any atom is -0.469 e. The zero-order valence-corrected chi connectivity index (χ0v) is 10.3. The molecular formula is C13H23NO. The minimum absolute atomic E-state index is 0.205. The molecule has 1 rings (SSSR count). The highest BCUT2D eigenvalue weighted by Gasteiger charge is 2.14. The lowest BCUT2D eigenvalue weighted by molar-refractivity contribution is 0.347. The van der Waals surface area contributed by atoms with Gasteiger partial charge in [-0.3, -0.25) is 0 Å². The van der Waals surface area contributed by atoms with Crippen molar-refractivity contribution in [3.63, 3.8) is 0 Å². The van der Waals surface area contributed by atoms with Crippen LogP contribution in [0.2, 0.25) is 0 Å². The van der Waals surface area contributed by atoms with Crippen LogP contribution >= 0.6 is 0 Å². The summed E-state index contributed by atoms with van der Waals surface area (Å²) >= 11 is 0. The third-order valence-corrected chi connectivity index (χ3v) is 2.57. The molecule has 0 saturated heterocycles. The van der Waals surface area contributed by atoms with E-state index in [1.54, 1.807) is 6.26 Å². The molecule has 1 N–H and O–H groups in total. The zero-order chi connectivity index (χ0) is 11.3. The van der Waals surface area contributed by atoms with Gasteiger partial charge in [-0.15, -0.1) is 0 Å². The van der Waals surface area contributed by atoms with E-state index in [1.165, 1.54) is 6.42 Å². The maximum absolute atomic E-state index is 5.37. The summed E-state index contributed by atoms with van der Waals surface area (Å²) in [6, 6.07) is 4.01. The van der Waals surface area contributed by atoms with Crippen molar-refractivity contribution >= 4 is 0 Å². The average Bonchev–Trinajstić information content (AvgIpc) is 2.63. The number of furan rings is 1. The van der Waals surface area contributed by atoms with Gasteiger partial charge in [-0.1, -0.05) is 13.3 Å². The van der Waals surface area contributed by atoms with Crippen LogP contribution in [0, 0.1) is 5.92 Å². The van der Waals surface area contributed by atoms with Crippen molar-refractivity contribution in [3.8, 4) is 0 Å². The van der Waals surface area contributed by atoms with E-state index in [1.807, 2.05) is 6.07 Å². The molecule has 0 amide bonds. The number of nitrogens with one attached hydrogen (secondary N) is 1. The van der Waals surface area contributed by atoms with Crippen LogP contribution in [0.15, 0.2) is 22.8 Å². The van der Waals surface area contributed by atoms with E-state index in [0.29, 0.717) is 5.92 Å². The summed E-state index contributed by atoms with van der Waals surface area (Å²) in [7, 11) is 0. The van der Waals surface area contributed by atoms with Gasteiger partial charge in [0.25, 0.3) is 0 Å². The highest BCUT2D eigenvalue weighted by atomic mass is 16.3. The molecule has 15 heavy (non-hydrogen) atoms. The molecule has 2 nitrogen and oxygen atoms in total. The first-order valence-electron chi connectivity index (χ1n) is 5.78. The summed E-state index contributed by atoms with van der Waals surface area (Å²) in [5.74, 6) is 1.76. The molecule has 86 valence electrons. The van der Waals surface area contributed by atoms with E-state index < -0.39 is 0 Å². The van der Waals surface area contributed by atoms with Gasteiger partial charge in [-0.2, -0.15) is 0 Å². The fraction of sp³-hybridized carbons (Fsp3) is 0.692. The molecule has 1 unspecified atom stereocenters. The largest absolute Gasteiger partial charge is 0.469 e. The predicted octanol–water partition coefficient (Wildman–Crippen LogP) is 3.24. The van der Waals surface area contributed by atoms with E-state index in [2.05, 4.69) is 39.1 Å². The molecule has 0 aromatic carbocycles. The van der Waals surface area contributed by atoms with Gasteiger partial charge >= 0.3 is 0 Å². The highest BCUT2D eigenvalue weighted by Crippen LogP contribution is 2.13. The van der Waals surface area contributed by atoms with Crippen LogP contribution in [0.1, 0.15) is 39.9 Å². The van der Waals surface area contributed by atoms with Crippen molar-refractivity contribution in [2.75, 3.05) is 6.54 Å². The second kappa shape index (κ2) is 5.36.